The van der Waals surface area contributed by atoms with Crippen molar-refractivity contribution in [3.63, 3.8) is 0 Å². The van der Waals surface area contributed by atoms with Crippen molar-refractivity contribution in [3.8, 4) is 17.2 Å². The molecular formula is C25H31NO7S. The molecule has 2 aromatic rings. The van der Waals surface area contributed by atoms with Crippen LogP contribution in [-0.2, 0) is 26.2 Å². The minimum atomic E-state index is -4.10. The molecule has 184 valence electrons. The van der Waals surface area contributed by atoms with Gasteiger partial charge in [0.15, 0.2) is 11.5 Å². The van der Waals surface area contributed by atoms with Crippen molar-refractivity contribution in [2.45, 2.75) is 49.6 Å². The van der Waals surface area contributed by atoms with E-state index in [4.69, 9.17) is 18.4 Å². The van der Waals surface area contributed by atoms with E-state index in [9.17, 15) is 13.2 Å². The summed E-state index contributed by atoms with van der Waals surface area (Å²) < 4.78 is 47.4. The summed E-state index contributed by atoms with van der Waals surface area (Å²) in [7, 11) is -1.14. The fourth-order valence-corrected chi connectivity index (χ4v) is 5.13. The number of ether oxygens (including phenoxy) is 3. The van der Waals surface area contributed by atoms with E-state index >= 15 is 0 Å². The van der Waals surface area contributed by atoms with Gasteiger partial charge in [0.25, 0.3) is 0 Å². The highest BCUT2D eigenvalue weighted by atomic mass is 32.2. The largest absolute Gasteiger partial charge is 0.497 e. The van der Waals surface area contributed by atoms with Gasteiger partial charge in [-0.25, -0.2) is 0 Å². The predicted molar refractivity (Wildman–Crippen MR) is 126 cm³/mol. The Bertz CT molecular complexity index is 1090. The van der Waals surface area contributed by atoms with Crippen LogP contribution in [0.5, 0.6) is 17.2 Å². The van der Waals surface area contributed by atoms with Crippen LogP contribution >= 0.6 is 0 Å². The van der Waals surface area contributed by atoms with Gasteiger partial charge in [-0.2, -0.15) is 8.42 Å². The van der Waals surface area contributed by atoms with Gasteiger partial charge in [-0.05, 0) is 67.6 Å². The maximum atomic E-state index is 13.1. The van der Waals surface area contributed by atoms with Crippen LogP contribution in [0, 0.1) is 5.92 Å². The topological polar surface area (TPSA) is 91.4 Å². The fourth-order valence-electron chi connectivity index (χ4n) is 4.19. The Kier molecular flexibility index (Phi) is 7.63. The van der Waals surface area contributed by atoms with Gasteiger partial charge in [-0.1, -0.05) is 12.5 Å². The maximum Gasteiger partial charge on any atom is 0.339 e. The van der Waals surface area contributed by atoms with E-state index in [1.54, 1.807) is 24.3 Å². The molecule has 9 heteroatoms. The van der Waals surface area contributed by atoms with E-state index in [1.807, 2.05) is 11.0 Å². The second-order valence-electron chi connectivity index (χ2n) is 8.68. The monoisotopic (exact) mass is 489 g/mol. The van der Waals surface area contributed by atoms with Crippen molar-refractivity contribution in [3.05, 3.63) is 48.0 Å². The highest BCUT2D eigenvalue weighted by Gasteiger charge is 2.32. The second kappa shape index (κ2) is 10.7. The highest BCUT2D eigenvalue weighted by Crippen LogP contribution is 2.33. The first-order chi connectivity index (χ1) is 16.4. The van der Waals surface area contributed by atoms with Crippen molar-refractivity contribution in [1.82, 2.24) is 4.90 Å². The molecule has 8 nitrogen and oxygen atoms in total. The summed E-state index contributed by atoms with van der Waals surface area (Å²) in [6, 6.07) is 11.1. The summed E-state index contributed by atoms with van der Waals surface area (Å²) in [6.45, 7) is 1.60. The Labute approximate surface area is 200 Å². The summed E-state index contributed by atoms with van der Waals surface area (Å²) in [6.07, 6.45) is 4.88. The van der Waals surface area contributed by atoms with Gasteiger partial charge in [0, 0.05) is 25.6 Å². The Morgan fingerprint density at radius 2 is 1.76 bits per heavy atom. The summed E-state index contributed by atoms with van der Waals surface area (Å²) >= 11 is 0. The molecule has 1 atom stereocenters. The highest BCUT2D eigenvalue weighted by molar-refractivity contribution is 7.87. The van der Waals surface area contributed by atoms with Crippen LogP contribution in [0.4, 0.5) is 0 Å². The zero-order valence-electron chi connectivity index (χ0n) is 19.6. The Morgan fingerprint density at radius 3 is 2.35 bits per heavy atom. The third kappa shape index (κ3) is 5.64. The van der Waals surface area contributed by atoms with E-state index in [-0.39, 0.29) is 34.3 Å². The summed E-state index contributed by atoms with van der Waals surface area (Å²) in [5.41, 5.74) is 0.756. The molecule has 1 heterocycles. The summed E-state index contributed by atoms with van der Waals surface area (Å²) in [4.78, 5) is 14.9. The molecule has 0 aromatic heterocycles. The number of amides is 1. The van der Waals surface area contributed by atoms with Crippen LogP contribution in [0.3, 0.4) is 0 Å². The minimum absolute atomic E-state index is 0.000857. The van der Waals surface area contributed by atoms with Gasteiger partial charge in [0.05, 0.1) is 20.3 Å². The first-order valence-corrected chi connectivity index (χ1v) is 13.0. The van der Waals surface area contributed by atoms with Crippen molar-refractivity contribution < 1.29 is 31.6 Å². The van der Waals surface area contributed by atoms with Crippen molar-refractivity contribution >= 4 is 16.0 Å². The molecule has 1 saturated carbocycles. The van der Waals surface area contributed by atoms with Crippen LogP contribution in [0.2, 0.25) is 0 Å². The number of hydrogen-bond acceptors (Lipinski definition) is 7. The molecule has 1 saturated heterocycles. The normalized spacial score (nSPS) is 18.2. The first-order valence-electron chi connectivity index (χ1n) is 11.6. The molecule has 2 aromatic carbocycles. The van der Waals surface area contributed by atoms with Gasteiger partial charge in [0.1, 0.15) is 10.6 Å². The quantitative estimate of drug-likeness (QED) is 0.469. The lowest BCUT2D eigenvalue weighted by atomic mass is 9.84. The molecule has 0 unspecified atom stereocenters. The van der Waals surface area contributed by atoms with Gasteiger partial charge in [-0.15, -0.1) is 0 Å². The maximum absolute atomic E-state index is 13.1. The van der Waals surface area contributed by atoms with Crippen molar-refractivity contribution in [2.24, 2.45) is 5.92 Å². The molecule has 0 spiro atoms. The predicted octanol–water partition coefficient (Wildman–Crippen LogP) is 3.78. The lowest BCUT2D eigenvalue weighted by Gasteiger charge is -2.33. The van der Waals surface area contributed by atoms with Gasteiger partial charge >= 0.3 is 10.1 Å². The third-order valence-electron chi connectivity index (χ3n) is 6.36. The van der Waals surface area contributed by atoms with Gasteiger partial charge in [-0.3, -0.25) is 4.79 Å². The number of nitrogens with zero attached hydrogens (tertiary/aromatic N) is 1. The smallest absolute Gasteiger partial charge is 0.339 e. The third-order valence-corrected chi connectivity index (χ3v) is 7.61. The number of methoxy groups -OCH3 is 2. The number of hydrogen-bond donors (Lipinski definition) is 0. The SMILES string of the molecule is COc1ccc(S(=O)(=O)Oc2cc(CN(C[C@H]3CCCO3)C(=O)C3CCC3)ccc2OC)cc1. The lowest BCUT2D eigenvalue weighted by molar-refractivity contribution is -0.140. The lowest BCUT2D eigenvalue weighted by Crippen LogP contribution is -2.42. The molecular weight excluding hydrogens is 458 g/mol. The van der Waals surface area contributed by atoms with Gasteiger partial charge < -0.3 is 23.3 Å². The number of rotatable bonds is 10. The molecule has 4 rings (SSSR count). The van der Waals surface area contributed by atoms with Crippen LogP contribution in [0.15, 0.2) is 47.4 Å². The molecule has 1 amide bonds. The van der Waals surface area contributed by atoms with Crippen LogP contribution in [0.1, 0.15) is 37.7 Å². The molecule has 34 heavy (non-hydrogen) atoms. The Hall–Kier alpha value is -2.78. The minimum Gasteiger partial charge on any atom is -0.497 e. The first kappa shape index (κ1) is 24.3. The molecule has 1 aliphatic heterocycles. The van der Waals surface area contributed by atoms with Crippen molar-refractivity contribution in [2.75, 3.05) is 27.4 Å². The van der Waals surface area contributed by atoms with Crippen molar-refractivity contribution in [1.29, 1.82) is 0 Å². The molecule has 2 aliphatic rings. The van der Waals surface area contributed by atoms with Crippen LogP contribution in [0.25, 0.3) is 0 Å². The van der Waals surface area contributed by atoms with E-state index in [2.05, 4.69) is 0 Å². The van der Waals surface area contributed by atoms with Crippen LogP contribution < -0.4 is 13.7 Å². The molecule has 0 bridgehead atoms. The summed E-state index contributed by atoms with van der Waals surface area (Å²) in [5, 5.41) is 0. The average Bonchev–Trinajstić information content (AvgIpc) is 3.30. The zero-order valence-corrected chi connectivity index (χ0v) is 20.4. The Balaban J connectivity index is 1.55. The van der Waals surface area contributed by atoms with E-state index in [1.165, 1.54) is 26.4 Å². The van der Waals surface area contributed by atoms with E-state index in [0.29, 0.717) is 18.8 Å². The second-order valence-corrected chi connectivity index (χ2v) is 10.2. The molecule has 0 radical (unpaired) electrons. The molecule has 2 fully saturated rings. The summed E-state index contributed by atoms with van der Waals surface area (Å²) in [5.74, 6) is 1.10. The number of carbonyl (C=O) groups is 1. The zero-order chi connectivity index (χ0) is 24.1. The molecule has 1 aliphatic carbocycles. The molecule has 0 N–H and O–H groups in total. The number of carbonyl (C=O) groups excluding carboxylic acids is 1. The fraction of sp³-hybridized carbons (Fsp3) is 0.480. The van der Waals surface area contributed by atoms with E-state index < -0.39 is 10.1 Å². The average molecular weight is 490 g/mol. The van der Waals surface area contributed by atoms with Gasteiger partial charge in [0.2, 0.25) is 5.91 Å². The Morgan fingerprint density at radius 1 is 1.00 bits per heavy atom. The van der Waals surface area contributed by atoms with Crippen LogP contribution in [-0.4, -0.2) is 52.7 Å². The number of benzene rings is 2. The van der Waals surface area contributed by atoms with E-state index in [0.717, 1.165) is 44.3 Å². The standard InChI is InChI=1S/C25H31NO7S/c1-30-20-9-11-22(12-10-20)34(28,29)33-24-15-18(8-13-23(24)31-2)16-26(17-21-7-4-14-32-21)25(27)19-5-3-6-19/h8-13,15,19,21H,3-7,14,16-17H2,1-2H3/t21-/m1/s1.